The van der Waals surface area contributed by atoms with Gasteiger partial charge in [-0.15, -0.1) is 0 Å². The lowest BCUT2D eigenvalue weighted by atomic mass is 10.2. The summed E-state index contributed by atoms with van der Waals surface area (Å²) in [6, 6.07) is 8.17. The highest BCUT2D eigenvalue weighted by atomic mass is 16.6. The van der Waals surface area contributed by atoms with Crippen LogP contribution in [0.1, 0.15) is 0 Å². The van der Waals surface area contributed by atoms with Gasteiger partial charge in [-0.05, 0) is 6.07 Å². The number of anilines is 2. The van der Waals surface area contributed by atoms with Crippen LogP contribution < -0.4 is 24.8 Å². The number of nitro benzene ring substituents is 1. The number of urea groups is 1. The van der Waals surface area contributed by atoms with Gasteiger partial charge in [0, 0.05) is 30.0 Å². The van der Waals surface area contributed by atoms with Crippen molar-refractivity contribution in [3.05, 3.63) is 46.5 Å². The van der Waals surface area contributed by atoms with Crippen LogP contribution in [0.15, 0.2) is 36.4 Å². The van der Waals surface area contributed by atoms with Gasteiger partial charge in [0.25, 0.3) is 5.69 Å². The highest BCUT2D eigenvalue weighted by Gasteiger charge is 2.15. The monoisotopic (exact) mass is 347 g/mol. The molecule has 0 heterocycles. The van der Waals surface area contributed by atoms with Crippen LogP contribution in [0.3, 0.4) is 0 Å². The topological polar surface area (TPSA) is 112 Å². The van der Waals surface area contributed by atoms with Gasteiger partial charge in [-0.3, -0.25) is 10.1 Å². The molecule has 9 nitrogen and oxygen atoms in total. The molecule has 132 valence electrons. The molecule has 0 aromatic heterocycles. The van der Waals surface area contributed by atoms with E-state index >= 15 is 0 Å². The maximum Gasteiger partial charge on any atom is 0.323 e. The third-order valence-electron chi connectivity index (χ3n) is 3.24. The summed E-state index contributed by atoms with van der Waals surface area (Å²) in [5.74, 6) is 1.16. The Morgan fingerprint density at radius 1 is 0.960 bits per heavy atom. The lowest BCUT2D eigenvalue weighted by Gasteiger charge is -2.15. The van der Waals surface area contributed by atoms with Gasteiger partial charge in [0.05, 0.1) is 31.9 Å². The van der Waals surface area contributed by atoms with Crippen LogP contribution in [0.2, 0.25) is 0 Å². The number of hydrogen-bond acceptors (Lipinski definition) is 6. The molecule has 0 spiro atoms. The number of carbonyl (C=O) groups is 1. The average molecular weight is 347 g/mol. The van der Waals surface area contributed by atoms with Gasteiger partial charge in [0.1, 0.15) is 0 Å². The molecule has 0 radical (unpaired) electrons. The summed E-state index contributed by atoms with van der Waals surface area (Å²) in [5.41, 5.74) is 0.571. The van der Waals surface area contributed by atoms with Crippen LogP contribution in [-0.2, 0) is 0 Å². The Balaban J connectivity index is 2.17. The van der Waals surface area contributed by atoms with Gasteiger partial charge >= 0.3 is 6.03 Å². The van der Waals surface area contributed by atoms with E-state index in [1.807, 2.05) is 0 Å². The number of benzene rings is 2. The number of rotatable bonds is 6. The molecule has 0 saturated heterocycles. The van der Waals surface area contributed by atoms with E-state index in [1.54, 1.807) is 18.2 Å². The summed E-state index contributed by atoms with van der Waals surface area (Å²) in [5, 5.41) is 15.9. The molecule has 2 aromatic rings. The fourth-order valence-corrected chi connectivity index (χ4v) is 2.14. The maximum atomic E-state index is 12.1. The minimum atomic E-state index is -0.574. The molecule has 0 aliphatic rings. The lowest BCUT2D eigenvalue weighted by molar-refractivity contribution is -0.384. The minimum absolute atomic E-state index is 0.120. The number of methoxy groups -OCH3 is 3. The van der Waals surface area contributed by atoms with Gasteiger partial charge in [-0.25, -0.2) is 4.79 Å². The second kappa shape index (κ2) is 7.86. The van der Waals surface area contributed by atoms with E-state index in [1.165, 1.54) is 39.5 Å². The zero-order valence-corrected chi connectivity index (χ0v) is 13.9. The number of non-ortho nitro benzene ring substituents is 1. The van der Waals surface area contributed by atoms with Crippen molar-refractivity contribution in [2.75, 3.05) is 32.0 Å². The van der Waals surface area contributed by atoms with Crippen LogP contribution in [0, 0.1) is 10.1 Å². The first-order valence-corrected chi connectivity index (χ1v) is 7.11. The largest absolute Gasteiger partial charge is 0.493 e. The number of carbonyl (C=O) groups excluding carboxylic acids is 1. The zero-order valence-electron chi connectivity index (χ0n) is 13.9. The zero-order chi connectivity index (χ0) is 18.4. The first kappa shape index (κ1) is 17.9. The van der Waals surface area contributed by atoms with E-state index in [0.717, 1.165) is 0 Å². The van der Waals surface area contributed by atoms with E-state index in [2.05, 4.69) is 10.6 Å². The van der Waals surface area contributed by atoms with E-state index in [9.17, 15) is 14.9 Å². The summed E-state index contributed by atoms with van der Waals surface area (Å²) < 4.78 is 15.6. The molecule has 0 bridgehead atoms. The summed E-state index contributed by atoms with van der Waals surface area (Å²) in [6.07, 6.45) is 0. The predicted molar refractivity (Wildman–Crippen MR) is 91.8 cm³/mol. The molecule has 2 aromatic carbocycles. The fraction of sp³-hybridized carbons (Fsp3) is 0.188. The highest BCUT2D eigenvalue weighted by Crippen LogP contribution is 2.39. The summed E-state index contributed by atoms with van der Waals surface area (Å²) >= 11 is 0. The Labute approximate surface area is 143 Å². The highest BCUT2D eigenvalue weighted by molar-refractivity contribution is 6.00. The Morgan fingerprint density at radius 3 is 2.08 bits per heavy atom. The number of hydrogen-bond donors (Lipinski definition) is 2. The van der Waals surface area contributed by atoms with Crippen molar-refractivity contribution in [1.82, 2.24) is 0 Å². The van der Waals surface area contributed by atoms with Crippen LogP contribution in [0.25, 0.3) is 0 Å². The van der Waals surface area contributed by atoms with Crippen LogP contribution >= 0.6 is 0 Å². The van der Waals surface area contributed by atoms with Crippen molar-refractivity contribution < 1.29 is 23.9 Å². The number of nitro groups is 1. The van der Waals surface area contributed by atoms with Crippen LogP contribution in [-0.4, -0.2) is 32.3 Å². The molecule has 0 atom stereocenters. The van der Waals surface area contributed by atoms with E-state index < -0.39 is 11.0 Å². The van der Waals surface area contributed by atoms with Gasteiger partial charge in [-0.2, -0.15) is 0 Å². The van der Waals surface area contributed by atoms with Crippen LogP contribution in [0.5, 0.6) is 17.2 Å². The maximum absolute atomic E-state index is 12.1. The second-order valence-corrected chi connectivity index (χ2v) is 4.80. The van der Waals surface area contributed by atoms with Crippen molar-refractivity contribution in [2.45, 2.75) is 0 Å². The molecule has 0 unspecified atom stereocenters. The van der Waals surface area contributed by atoms with Crippen molar-refractivity contribution in [3.63, 3.8) is 0 Å². The number of nitrogens with one attached hydrogen (secondary N) is 2. The van der Waals surface area contributed by atoms with E-state index in [4.69, 9.17) is 14.2 Å². The molecular weight excluding hydrogens is 330 g/mol. The van der Waals surface area contributed by atoms with Gasteiger partial charge in [-0.1, -0.05) is 6.07 Å². The molecular formula is C16H17N3O6. The number of nitrogens with zero attached hydrogens (tertiary/aromatic N) is 1. The van der Waals surface area contributed by atoms with Gasteiger partial charge in [0.2, 0.25) is 5.75 Å². The normalized spacial score (nSPS) is 9.88. The molecule has 0 aliphatic carbocycles. The molecule has 0 saturated carbocycles. The third-order valence-corrected chi connectivity index (χ3v) is 3.24. The molecule has 0 fully saturated rings. The molecule has 9 heteroatoms. The first-order chi connectivity index (χ1) is 12.0. The molecule has 0 aliphatic heterocycles. The molecule has 25 heavy (non-hydrogen) atoms. The Bertz CT molecular complexity index is 768. The average Bonchev–Trinajstić information content (AvgIpc) is 2.60. The fourth-order valence-electron chi connectivity index (χ4n) is 2.14. The Morgan fingerprint density at radius 2 is 1.56 bits per heavy atom. The van der Waals surface area contributed by atoms with Crippen molar-refractivity contribution >= 4 is 23.1 Å². The predicted octanol–water partition coefficient (Wildman–Crippen LogP) is 3.26. The summed E-state index contributed by atoms with van der Waals surface area (Å²) in [6.45, 7) is 0. The van der Waals surface area contributed by atoms with Crippen molar-refractivity contribution in [1.29, 1.82) is 0 Å². The van der Waals surface area contributed by atoms with E-state index in [0.29, 0.717) is 28.6 Å². The Kier molecular flexibility index (Phi) is 5.62. The van der Waals surface area contributed by atoms with Crippen molar-refractivity contribution in [3.8, 4) is 17.2 Å². The van der Waals surface area contributed by atoms with Crippen LogP contribution in [0.4, 0.5) is 21.9 Å². The third kappa shape index (κ3) is 4.28. The second-order valence-electron chi connectivity index (χ2n) is 4.80. The quantitative estimate of drug-likeness (QED) is 0.613. The first-order valence-electron chi connectivity index (χ1n) is 7.11. The lowest BCUT2D eigenvalue weighted by Crippen LogP contribution is -2.19. The smallest absolute Gasteiger partial charge is 0.323 e. The van der Waals surface area contributed by atoms with E-state index in [-0.39, 0.29) is 5.69 Å². The number of ether oxygens (including phenoxy) is 3. The minimum Gasteiger partial charge on any atom is -0.493 e. The standard InChI is InChI=1S/C16H17N3O6/c1-23-13-8-11(9-14(24-2)15(13)25-3)18-16(20)17-10-5-4-6-12(7-10)19(21)22/h4-9H,1-3H3,(H2,17,18,20). The number of amides is 2. The molecule has 2 N–H and O–H groups in total. The molecule has 2 amide bonds. The Hall–Kier alpha value is -3.49. The summed E-state index contributed by atoms with van der Waals surface area (Å²) in [4.78, 5) is 22.3. The van der Waals surface area contributed by atoms with Gasteiger partial charge < -0.3 is 24.8 Å². The molecule has 2 rings (SSSR count). The SMILES string of the molecule is COc1cc(NC(=O)Nc2cccc([N+](=O)[O-])c2)cc(OC)c1OC. The summed E-state index contributed by atoms with van der Waals surface area (Å²) in [7, 11) is 4.40. The van der Waals surface area contributed by atoms with Gasteiger partial charge in [0.15, 0.2) is 11.5 Å². The van der Waals surface area contributed by atoms with Crippen molar-refractivity contribution in [2.24, 2.45) is 0 Å².